The second kappa shape index (κ2) is 3.45. The number of aryl methyl sites for hydroxylation is 2. The lowest BCUT2D eigenvalue weighted by atomic mass is 10.1. The number of hydrogen-bond acceptors (Lipinski definition) is 2. The summed E-state index contributed by atoms with van der Waals surface area (Å²) in [5.74, 6) is 0. The Bertz CT molecular complexity index is 767. The fraction of sp³-hybridized carbons (Fsp3) is 0.231. The first-order valence-electron chi connectivity index (χ1n) is 5.70. The van der Waals surface area contributed by atoms with Gasteiger partial charge in [-0.15, -0.1) is 0 Å². The van der Waals surface area contributed by atoms with Crippen LogP contribution in [0, 0.1) is 6.92 Å². The molecular weight excluding hydrogens is 214 g/mol. The molecule has 17 heavy (non-hydrogen) atoms. The Morgan fingerprint density at radius 1 is 1.35 bits per heavy atom. The number of aromatic amines is 1. The molecule has 0 aliphatic rings. The number of pyridine rings is 1. The van der Waals surface area contributed by atoms with Gasteiger partial charge in [-0.25, -0.2) is 0 Å². The van der Waals surface area contributed by atoms with E-state index in [0.29, 0.717) is 11.9 Å². The maximum atomic E-state index is 12.4. The van der Waals surface area contributed by atoms with Crippen LogP contribution in [0.1, 0.15) is 12.6 Å². The molecular formula is C13H13N3O. The van der Waals surface area contributed by atoms with Gasteiger partial charge in [0.2, 0.25) is 0 Å². The monoisotopic (exact) mass is 227 g/mol. The average Bonchev–Trinajstić information content (AvgIpc) is 2.73. The second-order valence-corrected chi connectivity index (χ2v) is 4.14. The van der Waals surface area contributed by atoms with Crippen molar-refractivity contribution < 1.29 is 0 Å². The van der Waals surface area contributed by atoms with E-state index in [1.165, 1.54) is 0 Å². The third-order valence-corrected chi connectivity index (χ3v) is 3.17. The molecule has 0 saturated carbocycles. The van der Waals surface area contributed by atoms with Crippen molar-refractivity contribution in [2.24, 2.45) is 0 Å². The summed E-state index contributed by atoms with van der Waals surface area (Å²) < 4.78 is 1.79. The number of benzene rings is 1. The molecule has 0 aliphatic heterocycles. The van der Waals surface area contributed by atoms with E-state index in [4.69, 9.17) is 0 Å². The van der Waals surface area contributed by atoms with Crippen molar-refractivity contribution >= 4 is 21.8 Å². The Kier molecular flexibility index (Phi) is 2.04. The molecule has 2 heterocycles. The number of nitrogens with one attached hydrogen (secondary N) is 1. The van der Waals surface area contributed by atoms with Crippen LogP contribution in [0.15, 0.2) is 29.1 Å². The number of rotatable bonds is 1. The molecule has 3 rings (SSSR count). The molecule has 0 atom stereocenters. The van der Waals surface area contributed by atoms with E-state index in [9.17, 15) is 4.79 Å². The van der Waals surface area contributed by atoms with Gasteiger partial charge in [0.1, 0.15) is 5.52 Å². The predicted molar refractivity (Wildman–Crippen MR) is 68.3 cm³/mol. The van der Waals surface area contributed by atoms with E-state index < -0.39 is 0 Å². The van der Waals surface area contributed by atoms with Gasteiger partial charge in [0.25, 0.3) is 5.56 Å². The molecule has 0 spiro atoms. The molecule has 4 nitrogen and oxygen atoms in total. The van der Waals surface area contributed by atoms with Crippen molar-refractivity contribution in [2.45, 2.75) is 20.4 Å². The summed E-state index contributed by atoms with van der Waals surface area (Å²) in [4.78, 5) is 12.4. The Morgan fingerprint density at radius 2 is 2.12 bits per heavy atom. The SMILES string of the molecule is CCn1c(=O)c2c(C)[nH]nc2c2ccccc21. The molecule has 0 unspecified atom stereocenters. The first-order valence-corrected chi connectivity index (χ1v) is 5.70. The van der Waals surface area contributed by atoms with Crippen LogP contribution in [-0.2, 0) is 6.54 Å². The molecule has 1 N–H and O–H groups in total. The van der Waals surface area contributed by atoms with Crippen LogP contribution < -0.4 is 5.56 Å². The van der Waals surface area contributed by atoms with Crippen LogP contribution >= 0.6 is 0 Å². The number of H-pyrrole nitrogens is 1. The third-order valence-electron chi connectivity index (χ3n) is 3.17. The van der Waals surface area contributed by atoms with Gasteiger partial charge in [0.05, 0.1) is 10.9 Å². The highest BCUT2D eigenvalue weighted by atomic mass is 16.1. The standard InChI is InChI=1S/C13H13N3O/c1-3-16-10-7-5-4-6-9(10)12-11(13(16)17)8(2)14-15-12/h4-7H,3H2,1-2H3,(H,14,15). The highest BCUT2D eigenvalue weighted by molar-refractivity contribution is 6.03. The van der Waals surface area contributed by atoms with Gasteiger partial charge < -0.3 is 4.57 Å². The lowest BCUT2D eigenvalue weighted by Crippen LogP contribution is -2.19. The number of nitrogens with zero attached hydrogens (tertiary/aromatic N) is 2. The molecule has 0 radical (unpaired) electrons. The molecule has 0 saturated heterocycles. The molecule has 4 heteroatoms. The predicted octanol–water partition coefficient (Wildman–Crippen LogP) is 2.21. The van der Waals surface area contributed by atoms with E-state index >= 15 is 0 Å². The first-order chi connectivity index (χ1) is 8.24. The summed E-state index contributed by atoms with van der Waals surface area (Å²) >= 11 is 0. The van der Waals surface area contributed by atoms with E-state index in [1.54, 1.807) is 4.57 Å². The van der Waals surface area contributed by atoms with Crippen LogP contribution in [0.5, 0.6) is 0 Å². The number of fused-ring (bicyclic) bond motifs is 3. The average molecular weight is 227 g/mol. The summed E-state index contributed by atoms with van der Waals surface area (Å²) in [5.41, 5.74) is 2.58. The molecule has 86 valence electrons. The van der Waals surface area contributed by atoms with E-state index in [0.717, 1.165) is 22.1 Å². The van der Waals surface area contributed by atoms with E-state index in [-0.39, 0.29) is 5.56 Å². The van der Waals surface area contributed by atoms with E-state index in [2.05, 4.69) is 10.2 Å². The van der Waals surface area contributed by atoms with Gasteiger partial charge in [-0.3, -0.25) is 9.89 Å². The van der Waals surface area contributed by atoms with Crippen LogP contribution in [0.2, 0.25) is 0 Å². The van der Waals surface area contributed by atoms with Gasteiger partial charge in [-0.2, -0.15) is 5.10 Å². The summed E-state index contributed by atoms with van der Waals surface area (Å²) in [6, 6.07) is 7.88. The molecule has 0 amide bonds. The zero-order valence-electron chi connectivity index (χ0n) is 9.82. The second-order valence-electron chi connectivity index (χ2n) is 4.14. The smallest absolute Gasteiger partial charge is 0.262 e. The van der Waals surface area contributed by atoms with Gasteiger partial charge >= 0.3 is 0 Å². The number of para-hydroxylation sites is 1. The maximum Gasteiger partial charge on any atom is 0.262 e. The number of aromatic nitrogens is 3. The molecule has 1 aromatic carbocycles. The fourth-order valence-electron chi connectivity index (χ4n) is 2.35. The maximum absolute atomic E-state index is 12.4. The summed E-state index contributed by atoms with van der Waals surface area (Å²) in [6.45, 7) is 4.53. The van der Waals surface area contributed by atoms with Gasteiger partial charge in [-0.05, 0) is 19.9 Å². The van der Waals surface area contributed by atoms with Crippen molar-refractivity contribution in [2.75, 3.05) is 0 Å². The summed E-state index contributed by atoms with van der Waals surface area (Å²) in [6.07, 6.45) is 0. The number of hydrogen-bond donors (Lipinski definition) is 1. The van der Waals surface area contributed by atoms with Crippen LogP contribution in [0.4, 0.5) is 0 Å². The van der Waals surface area contributed by atoms with Crippen LogP contribution in [0.3, 0.4) is 0 Å². The minimum Gasteiger partial charge on any atom is -0.308 e. The van der Waals surface area contributed by atoms with E-state index in [1.807, 2.05) is 38.1 Å². The Morgan fingerprint density at radius 3 is 2.88 bits per heavy atom. The Hall–Kier alpha value is -2.10. The topological polar surface area (TPSA) is 50.7 Å². The van der Waals surface area contributed by atoms with Gasteiger partial charge in [-0.1, -0.05) is 18.2 Å². The lowest BCUT2D eigenvalue weighted by molar-refractivity contribution is 0.766. The molecule has 2 aromatic heterocycles. The molecule has 0 aliphatic carbocycles. The van der Waals surface area contributed by atoms with Crippen LogP contribution in [-0.4, -0.2) is 14.8 Å². The molecule has 0 fully saturated rings. The highest BCUT2D eigenvalue weighted by Gasteiger charge is 2.13. The first kappa shape index (κ1) is 10.1. The van der Waals surface area contributed by atoms with Crippen molar-refractivity contribution in [1.29, 1.82) is 0 Å². The Labute approximate surface area is 97.9 Å². The third kappa shape index (κ3) is 1.24. The Balaban J connectivity index is 2.70. The minimum absolute atomic E-state index is 0.0347. The van der Waals surface area contributed by atoms with Crippen molar-refractivity contribution in [3.05, 3.63) is 40.3 Å². The zero-order chi connectivity index (χ0) is 12.0. The van der Waals surface area contributed by atoms with Crippen molar-refractivity contribution in [3.63, 3.8) is 0 Å². The van der Waals surface area contributed by atoms with Crippen LogP contribution in [0.25, 0.3) is 21.8 Å². The van der Waals surface area contributed by atoms with Gasteiger partial charge in [0.15, 0.2) is 0 Å². The molecule has 0 bridgehead atoms. The summed E-state index contributed by atoms with van der Waals surface area (Å²) in [7, 11) is 0. The van der Waals surface area contributed by atoms with Crippen molar-refractivity contribution in [3.8, 4) is 0 Å². The summed E-state index contributed by atoms with van der Waals surface area (Å²) in [5, 5.41) is 8.86. The highest BCUT2D eigenvalue weighted by Crippen LogP contribution is 2.22. The van der Waals surface area contributed by atoms with Gasteiger partial charge in [0, 0.05) is 17.6 Å². The normalized spacial score (nSPS) is 11.4. The minimum atomic E-state index is 0.0347. The lowest BCUT2D eigenvalue weighted by Gasteiger charge is -2.08. The largest absolute Gasteiger partial charge is 0.308 e. The zero-order valence-corrected chi connectivity index (χ0v) is 9.82. The quantitative estimate of drug-likeness (QED) is 0.693. The van der Waals surface area contributed by atoms with Crippen molar-refractivity contribution in [1.82, 2.24) is 14.8 Å². The molecule has 3 aromatic rings. The fourth-order valence-corrected chi connectivity index (χ4v) is 2.35.